The van der Waals surface area contributed by atoms with Gasteiger partial charge in [-0.05, 0) is 25.2 Å². The lowest BCUT2D eigenvalue weighted by Crippen LogP contribution is -2.30. The fourth-order valence-electron chi connectivity index (χ4n) is 2.05. The summed E-state index contributed by atoms with van der Waals surface area (Å²) >= 11 is 0. The van der Waals surface area contributed by atoms with Crippen molar-refractivity contribution in [2.75, 3.05) is 6.54 Å². The molecule has 1 fully saturated rings. The van der Waals surface area contributed by atoms with Crippen LogP contribution in [0.25, 0.3) is 0 Å². The van der Waals surface area contributed by atoms with Gasteiger partial charge in [-0.3, -0.25) is 0 Å². The Morgan fingerprint density at radius 2 is 2.00 bits per heavy atom. The van der Waals surface area contributed by atoms with E-state index < -0.39 is 12.6 Å². The molecule has 0 aromatic rings. The molecule has 0 aromatic carbocycles. The third kappa shape index (κ3) is 4.31. The molecule has 0 bridgehead atoms. The number of halogens is 3. The van der Waals surface area contributed by atoms with Gasteiger partial charge in [0.2, 0.25) is 0 Å². The molecule has 1 rings (SSSR count). The van der Waals surface area contributed by atoms with Crippen molar-refractivity contribution in [2.24, 2.45) is 5.92 Å². The van der Waals surface area contributed by atoms with Crippen LogP contribution in [0.4, 0.5) is 13.2 Å². The van der Waals surface area contributed by atoms with Crippen molar-refractivity contribution in [3.05, 3.63) is 0 Å². The molecular formula is C10H18F3N. The average molecular weight is 209 g/mol. The Hall–Kier alpha value is -0.250. The van der Waals surface area contributed by atoms with E-state index in [4.69, 9.17) is 0 Å². The zero-order valence-electron chi connectivity index (χ0n) is 8.53. The molecule has 0 heterocycles. The van der Waals surface area contributed by atoms with E-state index in [2.05, 4.69) is 12.2 Å². The standard InChI is InChI=1S/C10H18F3N/c1-2-8-3-4-9(7-8)14-6-5-10(11,12)13/h8-9,14H,2-7H2,1H3. The first-order valence-corrected chi connectivity index (χ1v) is 5.31. The molecule has 0 spiro atoms. The molecular weight excluding hydrogens is 191 g/mol. The second-order valence-electron chi connectivity index (χ2n) is 4.10. The van der Waals surface area contributed by atoms with Crippen molar-refractivity contribution < 1.29 is 13.2 Å². The average Bonchev–Trinajstić information content (AvgIpc) is 2.50. The topological polar surface area (TPSA) is 12.0 Å². The van der Waals surface area contributed by atoms with Crippen molar-refractivity contribution in [2.45, 2.75) is 51.2 Å². The Kier molecular flexibility index (Phi) is 4.23. The maximum Gasteiger partial charge on any atom is 0.390 e. The summed E-state index contributed by atoms with van der Waals surface area (Å²) in [6, 6.07) is 0.322. The fourth-order valence-corrected chi connectivity index (χ4v) is 2.05. The van der Waals surface area contributed by atoms with Gasteiger partial charge in [0, 0.05) is 12.6 Å². The summed E-state index contributed by atoms with van der Waals surface area (Å²) in [5.41, 5.74) is 0. The van der Waals surface area contributed by atoms with E-state index in [-0.39, 0.29) is 6.54 Å². The van der Waals surface area contributed by atoms with E-state index in [9.17, 15) is 13.2 Å². The molecule has 1 aliphatic rings. The molecule has 14 heavy (non-hydrogen) atoms. The van der Waals surface area contributed by atoms with E-state index in [1.165, 1.54) is 6.42 Å². The van der Waals surface area contributed by atoms with Crippen LogP contribution >= 0.6 is 0 Å². The lowest BCUT2D eigenvalue weighted by Gasteiger charge is -2.13. The Balaban J connectivity index is 2.09. The van der Waals surface area contributed by atoms with Gasteiger partial charge in [0.15, 0.2) is 0 Å². The third-order valence-corrected chi connectivity index (χ3v) is 2.96. The number of alkyl halides is 3. The van der Waals surface area contributed by atoms with Crippen LogP contribution in [0, 0.1) is 5.92 Å². The second-order valence-corrected chi connectivity index (χ2v) is 4.10. The summed E-state index contributed by atoms with van der Waals surface area (Å²) in [4.78, 5) is 0. The van der Waals surface area contributed by atoms with Gasteiger partial charge in [-0.25, -0.2) is 0 Å². The highest BCUT2D eigenvalue weighted by molar-refractivity contribution is 4.79. The largest absolute Gasteiger partial charge is 0.390 e. The summed E-state index contributed by atoms with van der Waals surface area (Å²) in [6.45, 7) is 2.22. The molecule has 0 radical (unpaired) electrons. The quantitative estimate of drug-likeness (QED) is 0.750. The van der Waals surface area contributed by atoms with Gasteiger partial charge in [0.1, 0.15) is 0 Å². The molecule has 2 unspecified atom stereocenters. The van der Waals surface area contributed by atoms with Crippen LogP contribution in [0.3, 0.4) is 0 Å². The Labute approximate surface area is 83.1 Å². The molecule has 84 valence electrons. The lowest BCUT2D eigenvalue weighted by atomic mass is 10.1. The van der Waals surface area contributed by atoms with Crippen LogP contribution in [-0.4, -0.2) is 18.8 Å². The van der Waals surface area contributed by atoms with Gasteiger partial charge in [-0.2, -0.15) is 13.2 Å². The predicted molar refractivity (Wildman–Crippen MR) is 50.1 cm³/mol. The van der Waals surface area contributed by atoms with E-state index in [0.29, 0.717) is 6.04 Å². The zero-order valence-corrected chi connectivity index (χ0v) is 8.53. The number of hydrogen-bond donors (Lipinski definition) is 1. The van der Waals surface area contributed by atoms with Crippen LogP contribution in [-0.2, 0) is 0 Å². The van der Waals surface area contributed by atoms with Crippen molar-refractivity contribution in [1.82, 2.24) is 5.32 Å². The van der Waals surface area contributed by atoms with Crippen LogP contribution in [0.2, 0.25) is 0 Å². The molecule has 1 nitrogen and oxygen atoms in total. The molecule has 1 saturated carbocycles. The van der Waals surface area contributed by atoms with Crippen molar-refractivity contribution in [3.63, 3.8) is 0 Å². The van der Waals surface area contributed by atoms with Crippen molar-refractivity contribution in [1.29, 1.82) is 0 Å². The number of hydrogen-bond acceptors (Lipinski definition) is 1. The van der Waals surface area contributed by atoms with Crippen LogP contribution in [0.15, 0.2) is 0 Å². The van der Waals surface area contributed by atoms with Crippen molar-refractivity contribution in [3.8, 4) is 0 Å². The Morgan fingerprint density at radius 1 is 1.29 bits per heavy atom. The molecule has 1 aliphatic carbocycles. The lowest BCUT2D eigenvalue weighted by molar-refractivity contribution is -0.133. The summed E-state index contributed by atoms with van der Waals surface area (Å²) in [7, 11) is 0. The number of nitrogens with one attached hydrogen (secondary N) is 1. The van der Waals surface area contributed by atoms with E-state index >= 15 is 0 Å². The summed E-state index contributed by atoms with van der Waals surface area (Å²) in [6.07, 6.45) is -0.321. The highest BCUT2D eigenvalue weighted by Gasteiger charge is 2.28. The minimum Gasteiger partial charge on any atom is -0.314 e. The first-order chi connectivity index (χ1) is 6.51. The maximum absolute atomic E-state index is 11.8. The molecule has 1 N–H and O–H groups in total. The van der Waals surface area contributed by atoms with Crippen LogP contribution < -0.4 is 5.32 Å². The van der Waals surface area contributed by atoms with E-state index in [0.717, 1.165) is 25.2 Å². The predicted octanol–water partition coefficient (Wildman–Crippen LogP) is 3.11. The second kappa shape index (κ2) is 5.01. The normalized spacial score (nSPS) is 28.3. The van der Waals surface area contributed by atoms with Crippen molar-refractivity contribution >= 4 is 0 Å². The highest BCUT2D eigenvalue weighted by atomic mass is 19.4. The van der Waals surface area contributed by atoms with Crippen LogP contribution in [0.5, 0.6) is 0 Å². The molecule has 4 heteroatoms. The zero-order chi connectivity index (χ0) is 10.6. The maximum atomic E-state index is 11.8. The van der Waals surface area contributed by atoms with Crippen LogP contribution in [0.1, 0.15) is 39.0 Å². The van der Waals surface area contributed by atoms with E-state index in [1.54, 1.807) is 0 Å². The van der Waals surface area contributed by atoms with Gasteiger partial charge in [0.25, 0.3) is 0 Å². The summed E-state index contributed by atoms with van der Waals surface area (Å²) in [5, 5.41) is 2.98. The smallest absolute Gasteiger partial charge is 0.314 e. The van der Waals surface area contributed by atoms with Gasteiger partial charge in [-0.15, -0.1) is 0 Å². The molecule has 0 saturated heterocycles. The first kappa shape index (κ1) is 11.8. The third-order valence-electron chi connectivity index (χ3n) is 2.96. The Bertz CT molecular complexity index is 167. The van der Waals surface area contributed by atoms with Gasteiger partial charge < -0.3 is 5.32 Å². The van der Waals surface area contributed by atoms with Gasteiger partial charge in [-0.1, -0.05) is 13.3 Å². The van der Waals surface area contributed by atoms with Gasteiger partial charge in [0.05, 0.1) is 6.42 Å². The Morgan fingerprint density at radius 3 is 2.50 bits per heavy atom. The summed E-state index contributed by atoms with van der Waals surface area (Å²) < 4.78 is 35.5. The molecule has 0 aliphatic heterocycles. The SMILES string of the molecule is CCC1CCC(NCCC(F)(F)F)C1. The first-order valence-electron chi connectivity index (χ1n) is 5.31. The molecule has 0 amide bonds. The number of rotatable bonds is 4. The fraction of sp³-hybridized carbons (Fsp3) is 1.00. The summed E-state index contributed by atoms with van der Waals surface area (Å²) in [5.74, 6) is 0.721. The minimum absolute atomic E-state index is 0.0740. The van der Waals surface area contributed by atoms with E-state index in [1.807, 2.05) is 0 Å². The van der Waals surface area contributed by atoms with Gasteiger partial charge >= 0.3 is 6.18 Å². The molecule has 2 atom stereocenters. The molecule has 0 aromatic heterocycles. The highest BCUT2D eigenvalue weighted by Crippen LogP contribution is 2.28. The monoisotopic (exact) mass is 209 g/mol. The minimum atomic E-state index is -4.02.